The molecule has 0 amide bonds. The summed E-state index contributed by atoms with van der Waals surface area (Å²) >= 11 is 0. The van der Waals surface area contributed by atoms with Gasteiger partial charge in [-0.25, -0.2) is 13.2 Å². The summed E-state index contributed by atoms with van der Waals surface area (Å²) in [4.78, 5) is 27.8. The molecule has 4 rings (SSSR count). The number of H-pyrrole nitrogens is 1. The lowest BCUT2D eigenvalue weighted by atomic mass is 10.0. The highest BCUT2D eigenvalue weighted by molar-refractivity contribution is 7.90. The number of carbonyl (C=O) groups excluding carboxylic acids is 1. The maximum atomic E-state index is 12.6. The largest absolute Gasteiger partial charge is 0.458 e. The fourth-order valence-corrected chi connectivity index (χ4v) is 4.50. The van der Waals surface area contributed by atoms with Gasteiger partial charge in [0.25, 0.3) is 5.56 Å². The number of nitrogens with one attached hydrogen (secondary N) is 2. The van der Waals surface area contributed by atoms with Crippen molar-refractivity contribution in [2.24, 2.45) is 0 Å². The Morgan fingerprint density at radius 2 is 1.91 bits per heavy atom. The summed E-state index contributed by atoms with van der Waals surface area (Å²) in [5, 5.41) is 8.14. The minimum absolute atomic E-state index is 0.175. The Kier molecular flexibility index (Phi) is 6.26. The predicted molar refractivity (Wildman–Crippen MR) is 127 cm³/mol. The summed E-state index contributed by atoms with van der Waals surface area (Å²) in [6, 6.07) is 7.81. The van der Waals surface area contributed by atoms with Crippen molar-refractivity contribution < 1.29 is 22.7 Å². The van der Waals surface area contributed by atoms with Crippen LogP contribution >= 0.6 is 0 Å². The molecule has 1 aliphatic rings. The first-order valence-electron chi connectivity index (χ1n) is 10.9. The van der Waals surface area contributed by atoms with Crippen molar-refractivity contribution in [1.82, 2.24) is 14.8 Å². The van der Waals surface area contributed by atoms with Crippen molar-refractivity contribution in [1.29, 1.82) is 0 Å². The second kappa shape index (κ2) is 8.88. The topological polar surface area (TPSA) is 132 Å². The molecule has 0 unspecified atom stereocenters. The van der Waals surface area contributed by atoms with E-state index in [0.29, 0.717) is 35.2 Å². The van der Waals surface area contributed by atoms with Crippen LogP contribution in [-0.2, 0) is 24.1 Å². The van der Waals surface area contributed by atoms with Crippen molar-refractivity contribution in [3.05, 3.63) is 46.9 Å². The number of pyridine rings is 1. The number of fused-ring (bicyclic) bond motifs is 1. The summed E-state index contributed by atoms with van der Waals surface area (Å²) < 4.78 is 36.4. The number of sulfone groups is 1. The van der Waals surface area contributed by atoms with Crippen LogP contribution in [0.25, 0.3) is 10.9 Å². The highest BCUT2D eigenvalue weighted by Crippen LogP contribution is 2.31. The van der Waals surface area contributed by atoms with Gasteiger partial charge in [-0.3, -0.25) is 9.48 Å². The second-order valence-corrected chi connectivity index (χ2v) is 11.4. The van der Waals surface area contributed by atoms with Crippen molar-refractivity contribution in [3.63, 3.8) is 0 Å². The molecule has 1 fully saturated rings. The maximum Gasteiger partial charge on any atom is 0.335 e. The average Bonchev–Trinajstić information content (AvgIpc) is 3.12. The van der Waals surface area contributed by atoms with Crippen LogP contribution in [0.3, 0.4) is 0 Å². The molecule has 1 aliphatic heterocycles. The smallest absolute Gasteiger partial charge is 0.335 e. The molecule has 0 saturated carbocycles. The van der Waals surface area contributed by atoms with Crippen molar-refractivity contribution in [2.45, 2.75) is 56.3 Å². The van der Waals surface area contributed by atoms with Gasteiger partial charge in [-0.15, -0.1) is 0 Å². The van der Waals surface area contributed by atoms with E-state index in [4.69, 9.17) is 9.47 Å². The first-order valence-corrected chi connectivity index (χ1v) is 12.8. The maximum absolute atomic E-state index is 12.6. The Labute approximate surface area is 197 Å². The molecule has 0 bridgehead atoms. The number of benzene rings is 1. The van der Waals surface area contributed by atoms with E-state index in [1.54, 1.807) is 29.1 Å². The third kappa shape index (κ3) is 5.15. The monoisotopic (exact) mass is 488 g/mol. The van der Waals surface area contributed by atoms with Crippen LogP contribution < -0.4 is 10.9 Å². The van der Waals surface area contributed by atoms with Gasteiger partial charge in [0.2, 0.25) is 0 Å². The quantitative estimate of drug-likeness (QED) is 0.524. The number of hydrogen-bond donors (Lipinski definition) is 2. The molecule has 2 aromatic heterocycles. The Morgan fingerprint density at radius 1 is 1.21 bits per heavy atom. The van der Waals surface area contributed by atoms with Gasteiger partial charge in [0.05, 0.1) is 23.1 Å². The standard InChI is InChI=1S/C23H28N4O6S/c1-23(2,3)33-22(29)18-10-7-15(13-32-18)27-17-11-12-24-21(28)19(17)20(26-27)25-14-5-8-16(9-6-14)34(4,30)31/h5-6,8-9,11-12,15,18H,7,10,13H2,1-4H3,(H,24,28)(H,25,26)/t15-,18-/m0/s1. The van der Waals surface area contributed by atoms with Crippen LogP contribution in [0.2, 0.25) is 0 Å². The highest BCUT2D eigenvalue weighted by Gasteiger charge is 2.32. The van der Waals surface area contributed by atoms with Crippen LogP contribution in [0.15, 0.2) is 46.2 Å². The molecule has 3 heterocycles. The molecule has 2 N–H and O–H groups in total. The SMILES string of the molecule is CC(C)(C)OC(=O)[C@@H]1CC[C@H](n2nc(Nc3ccc(S(C)(=O)=O)cc3)c3c(=O)[nH]ccc32)CO1. The van der Waals surface area contributed by atoms with Crippen molar-refractivity contribution in [3.8, 4) is 0 Å². The Bertz CT molecular complexity index is 1360. The van der Waals surface area contributed by atoms with Crippen LogP contribution in [-0.4, -0.2) is 53.7 Å². The number of aromatic amines is 1. The van der Waals surface area contributed by atoms with E-state index in [-0.39, 0.29) is 29.1 Å². The van der Waals surface area contributed by atoms with E-state index in [2.05, 4.69) is 15.4 Å². The van der Waals surface area contributed by atoms with Crippen LogP contribution in [0, 0.1) is 0 Å². The fraction of sp³-hybridized carbons (Fsp3) is 0.435. The van der Waals surface area contributed by atoms with E-state index in [9.17, 15) is 18.0 Å². The normalized spacial score (nSPS) is 19.2. The number of anilines is 2. The van der Waals surface area contributed by atoms with Gasteiger partial charge in [0.15, 0.2) is 21.8 Å². The number of carbonyl (C=O) groups is 1. The molecular formula is C23H28N4O6S. The zero-order valence-corrected chi connectivity index (χ0v) is 20.3. The summed E-state index contributed by atoms with van der Waals surface area (Å²) in [5.41, 5.74) is 0.328. The van der Waals surface area contributed by atoms with Gasteiger partial charge in [0, 0.05) is 18.1 Å². The fourth-order valence-electron chi connectivity index (χ4n) is 3.87. The summed E-state index contributed by atoms with van der Waals surface area (Å²) in [6.07, 6.45) is 3.16. The van der Waals surface area contributed by atoms with Gasteiger partial charge in [-0.05, 0) is 63.9 Å². The average molecular weight is 489 g/mol. The first kappa shape index (κ1) is 24.0. The lowest BCUT2D eigenvalue weighted by molar-refractivity contribution is -0.172. The van der Waals surface area contributed by atoms with Crippen molar-refractivity contribution in [2.75, 3.05) is 18.2 Å². The molecule has 1 saturated heterocycles. The second-order valence-electron chi connectivity index (χ2n) is 9.37. The molecular weight excluding hydrogens is 460 g/mol. The zero-order chi connectivity index (χ0) is 24.7. The lowest BCUT2D eigenvalue weighted by Gasteiger charge is -2.30. The molecule has 3 aromatic rings. The minimum atomic E-state index is -3.31. The molecule has 1 aromatic carbocycles. The predicted octanol–water partition coefficient (Wildman–Crippen LogP) is 2.93. The first-order chi connectivity index (χ1) is 15.9. The van der Waals surface area contributed by atoms with E-state index in [0.717, 1.165) is 6.26 Å². The number of ether oxygens (including phenoxy) is 2. The molecule has 10 nitrogen and oxygen atoms in total. The van der Waals surface area contributed by atoms with E-state index >= 15 is 0 Å². The van der Waals surface area contributed by atoms with Gasteiger partial charge >= 0.3 is 5.97 Å². The summed E-state index contributed by atoms with van der Waals surface area (Å²) in [7, 11) is -3.31. The minimum Gasteiger partial charge on any atom is -0.458 e. The van der Waals surface area contributed by atoms with Crippen LogP contribution in [0.4, 0.5) is 11.5 Å². The highest BCUT2D eigenvalue weighted by atomic mass is 32.2. The van der Waals surface area contributed by atoms with Gasteiger partial charge < -0.3 is 19.8 Å². The van der Waals surface area contributed by atoms with E-state index in [1.807, 2.05) is 20.8 Å². The Balaban J connectivity index is 1.58. The summed E-state index contributed by atoms with van der Waals surface area (Å²) in [5.74, 6) is -0.0363. The molecule has 0 aliphatic carbocycles. The number of rotatable bonds is 5. The Hall–Kier alpha value is -3.18. The lowest BCUT2D eigenvalue weighted by Crippen LogP contribution is -2.38. The van der Waals surface area contributed by atoms with E-state index < -0.39 is 21.5 Å². The van der Waals surface area contributed by atoms with Gasteiger partial charge in [-0.2, -0.15) is 5.10 Å². The third-order valence-corrected chi connectivity index (χ3v) is 6.57. The molecule has 11 heteroatoms. The van der Waals surface area contributed by atoms with E-state index in [1.165, 1.54) is 12.1 Å². The number of hydrogen-bond acceptors (Lipinski definition) is 8. The van der Waals surface area contributed by atoms with Crippen LogP contribution in [0.1, 0.15) is 39.7 Å². The Morgan fingerprint density at radius 3 is 2.50 bits per heavy atom. The number of esters is 1. The number of nitrogens with zero attached hydrogens (tertiary/aromatic N) is 2. The third-order valence-electron chi connectivity index (χ3n) is 5.44. The van der Waals surface area contributed by atoms with Gasteiger partial charge in [-0.1, -0.05) is 0 Å². The molecule has 2 atom stereocenters. The molecule has 0 radical (unpaired) electrons. The van der Waals surface area contributed by atoms with Crippen LogP contribution in [0.5, 0.6) is 0 Å². The van der Waals surface area contributed by atoms with Crippen molar-refractivity contribution >= 4 is 38.2 Å². The molecule has 182 valence electrons. The molecule has 34 heavy (non-hydrogen) atoms. The molecule has 0 spiro atoms. The van der Waals surface area contributed by atoms with Gasteiger partial charge in [0.1, 0.15) is 11.0 Å². The zero-order valence-electron chi connectivity index (χ0n) is 19.5. The summed E-state index contributed by atoms with van der Waals surface area (Å²) in [6.45, 7) is 5.68. The number of aromatic nitrogens is 3.